The second kappa shape index (κ2) is 5.83. The molecule has 1 heterocycles. The minimum atomic E-state index is -1.12. The van der Waals surface area contributed by atoms with Crippen molar-refractivity contribution in [1.82, 2.24) is 4.98 Å². The molecule has 0 bridgehead atoms. The quantitative estimate of drug-likeness (QED) is 0.857. The number of carboxylic acid groups (broad SMARTS) is 1. The van der Waals surface area contributed by atoms with E-state index in [9.17, 15) is 9.59 Å². The molecule has 0 aliphatic rings. The first-order chi connectivity index (χ1) is 9.51. The minimum Gasteiger partial charge on any atom is -0.497 e. The van der Waals surface area contributed by atoms with Crippen molar-refractivity contribution in [2.24, 2.45) is 0 Å². The molecule has 0 saturated heterocycles. The van der Waals surface area contributed by atoms with Crippen molar-refractivity contribution in [3.05, 3.63) is 45.4 Å². The van der Waals surface area contributed by atoms with Gasteiger partial charge in [-0.15, -0.1) is 11.3 Å². The van der Waals surface area contributed by atoms with Crippen molar-refractivity contribution in [3.63, 3.8) is 0 Å². The Morgan fingerprint density at radius 2 is 1.95 bits per heavy atom. The Bertz CT molecular complexity index is 614. The number of rotatable bonds is 5. The monoisotopic (exact) mass is 291 g/mol. The van der Waals surface area contributed by atoms with E-state index in [-0.39, 0.29) is 16.4 Å². The third-order valence-corrected chi connectivity index (χ3v) is 3.76. The fourth-order valence-corrected chi connectivity index (χ4v) is 2.73. The lowest BCUT2D eigenvalue weighted by Gasteiger charge is -2.01. The van der Waals surface area contributed by atoms with Crippen LogP contribution >= 0.6 is 11.3 Å². The van der Waals surface area contributed by atoms with Crippen LogP contribution in [0.3, 0.4) is 0 Å². The van der Waals surface area contributed by atoms with Gasteiger partial charge in [-0.3, -0.25) is 4.79 Å². The molecule has 1 aromatic carbocycles. The van der Waals surface area contributed by atoms with Crippen LogP contribution in [0.5, 0.6) is 5.75 Å². The number of aromatic nitrogens is 1. The molecule has 20 heavy (non-hydrogen) atoms. The summed E-state index contributed by atoms with van der Waals surface area (Å²) in [5, 5.41) is 9.67. The van der Waals surface area contributed by atoms with E-state index in [1.54, 1.807) is 7.11 Å². The Balaban J connectivity index is 2.26. The molecule has 0 saturated carbocycles. The highest BCUT2D eigenvalue weighted by Gasteiger charge is 2.20. The standard InChI is InChI=1S/C14H13NO4S/c1-8(16)12-13(14(17)18)20-11(15-12)7-9-3-5-10(19-2)6-4-9/h3-6H,7H2,1-2H3,(H,17,18). The van der Waals surface area contributed by atoms with Crippen molar-refractivity contribution >= 4 is 23.1 Å². The normalized spacial score (nSPS) is 10.3. The third kappa shape index (κ3) is 3.03. The molecule has 0 spiro atoms. The number of hydrogen-bond acceptors (Lipinski definition) is 5. The number of carbonyl (C=O) groups excluding carboxylic acids is 1. The summed E-state index contributed by atoms with van der Waals surface area (Å²) in [5.74, 6) is -0.697. The van der Waals surface area contributed by atoms with Crippen molar-refractivity contribution < 1.29 is 19.4 Å². The predicted molar refractivity (Wildman–Crippen MR) is 74.9 cm³/mol. The largest absolute Gasteiger partial charge is 0.497 e. The van der Waals surface area contributed by atoms with Crippen LogP contribution < -0.4 is 4.74 Å². The van der Waals surface area contributed by atoms with Gasteiger partial charge < -0.3 is 9.84 Å². The maximum absolute atomic E-state index is 11.4. The lowest BCUT2D eigenvalue weighted by atomic mass is 10.1. The second-order valence-electron chi connectivity index (χ2n) is 4.17. The number of benzene rings is 1. The number of aromatic carboxylic acids is 1. The Labute approximate surface area is 119 Å². The smallest absolute Gasteiger partial charge is 0.348 e. The SMILES string of the molecule is COc1ccc(Cc2nc(C(C)=O)c(C(=O)O)s2)cc1. The molecule has 0 unspecified atom stereocenters. The van der Waals surface area contributed by atoms with Crippen LogP contribution in [0, 0.1) is 0 Å². The van der Waals surface area contributed by atoms with Crippen LogP contribution in [0.25, 0.3) is 0 Å². The van der Waals surface area contributed by atoms with Crippen LogP contribution in [0.1, 0.15) is 37.7 Å². The van der Waals surface area contributed by atoms with Gasteiger partial charge in [-0.2, -0.15) is 0 Å². The lowest BCUT2D eigenvalue weighted by molar-refractivity contribution is 0.0697. The molecule has 1 aromatic heterocycles. The van der Waals surface area contributed by atoms with E-state index in [1.807, 2.05) is 24.3 Å². The molecule has 0 amide bonds. The van der Waals surface area contributed by atoms with Crippen LogP contribution in [-0.2, 0) is 6.42 Å². The number of ketones is 1. The van der Waals surface area contributed by atoms with Crippen molar-refractivity contribution in [3.8, 4) is 5.75 Å². The molecule has 0 aliphatic heterocycles. The van der Waals surface area contributed by atoms with Gasteiger partial charge in [0, 0.05) is 13.3 Å². The molecule has 5 nitrogen and oxygen atoms in total. The molecule has 0 aliphatic carbocycles. The number of nitrogens with zero attached hydrogens (tertiary/aromatic N) is 1. The fraction of sp³-hybridized carbons (Fsp3) is 0.214. The summed E-state index contributed by atoms with van der Waals surface area (Å²) in [6, 6.07) is 7.42. The number of carbonyl (C=O) groups is 2. The molecule has 6 heteroatoms. The van der Waals surface area contributed by atoms with E-state index in [0.717, 1.165) is 22.6 Å². The highest BCUT2D eigenvalue weighted by Crippen LogP contribution is 2.22. The topological polar surface area (TPSA) is 76.5 Å². The molecule has 2 aromatic rings. The van der Waals surface area contributed by atoms with Gasteiger partial charge in [0.15, 0.2) is 5.78 Å². The maximum Gasteiger partial charge on any atom is 0.348 e. The number of Topliss-reactive ketones (excluding diaryl/α,β-unsaturated/α-hetero) is 1. The summed E-state index contributed by atoms with van der Waals surface area (Å²) in [6.45, 7) is 1.32. The number of ether oxygens (including phenoxy) is 1. The van der Waals surface area contributed by atoms with Gasteiger partial charge in [-0.1, -0.05) is 12.1 Å². The Kier molecular flexibility index (Phi) is 4.14. The summed E-state index contributed by atoms with van der Waals surface area (Å²) in [6.07, 6.45) is 0.488. The number of thiazole rings is 1. The molecule has 0 radical (unpaired) electrons. The molecular formula is C14H13NO4S. The van der Waals surface area contributed by atoms with Gasteiger partial charge in [-0.05, 0) is 17.7 Å². The minimum absolute atomic E-state index is 0.000937. The van der Waals surface area contributed by atoms with Gasteiger partial charge in [0.1, 0.15) is 16.3 Å². The average Bonchev–Trinajstić information content (AvgIpc) is 2.84. The fourth-order valence-electron chi connectivity index (χ4n) is 1.74. The van der Waals surface area contributed by atoms with Gasteiger partial charge in [0.25, 0.3) is 0 Å². The lowest BCUT2D eigenvalue weighted by Crippen LogP contribution is -2.03. The third-order valence-electron chi connectivity index (χ3n) is 2.71. The van der Waals surface area contributed by atoms with E-state index < -0.39 is 5.97 Å². The van der Waals surface area contributed by atoms with Crippen LogP contribution in [-0.4, -0.2) is 29.0 Å². The van der Waals surface area contributed by atoms with Gasteiger partial charge >= 0.3 is 5.97 Å². The van der Waals surface area contributed by atoms with E-state index in [0.29, 0.717) is 11.4 Å². The first-order valence-corrected chi connectivity index (χ1v) is 6.69. The van der Waals surface area contributed by atoms with Crippen LogP contribution in [0.4, 0.5) is 0 Å². The first-order valence-electron chi connectivity index (χ1n) is 5.88. The summed E-state index contributed by atoms with van der Waals surface area (Å²) in [4.78, 5) is 26.6. The van der Waals surface area contributed by atoms with Crippen molar-refractivity contribution in [2.45, 2.75) is 13.3 Å². The Hall–Kier alpha value is -2.21. The van der Waals surface area contributed by atoms with Crippen LogP contribution in [0.2, 0.25) is 0 Å². The molecule has 0 atom stereocenters. The number of hydrogen-bond donors (Lipinski definition) is 1. The summed E-state index contributed by atoms with van der Waals surface area (Å²) < 4.78 is 5.07. The Morgan fingerprint density at radius 3 is 2.40 bits per heavy atom. The Morgan fingerprint density at radius 1 is 1.30 bits per heavy atom. The molecule has 2 rings (SSSR count). The summed E-state index contributed by atoms with van der Waals surface area (Å²) in [5.41, 5.74) is 1.01. The zero-order valence-corrected chi connectivity index (χ0v) is 11.9. The van der Waals surface area contributed by atoms with Gasteiger partial charge in [0.05, 0.1) is 12.1 Å². The molecule has 104 valence electrons. The maximum atomic E-state index is 11.4. The molecule has 1 N–H and O–H groups in total. The van der Waals surface area contributed by atoms with Gasteiger partial charge in [-0.25, -0.2) is 9.78 Å². The number of carboxylic acids is 1. The van der Waals surface area contributed by atoms with E-state index in [4.69, 9.17) is 9.84 Å². The van der Waals surface area contributed by atoms with Crippen LogP contribution in [0.15, 0.2) is 24.3 Å². The van der Waals surface area contributed by atoms with E-state index in [2.05, 4.69) is 4.98 Å². The highest BCUT2D eigenvalue weighted by atomic mass is 32.1. The number of methoxy groups -OCH3 is 1. The highest BCUT2D eigenvalue weighted by molar-refractivity contribution is 7.13. The van der Waals surface area contributed by atoms with Crippen molar-refractivity contribution in [2.75, 3.05) is 7.11 Å². The predicted octanol–water partition coefficient (Wildman–Crippen LogP) is 2.64. The summed E-state index contributed by atoms with van der Waals surface area (Å²) >= 11 is 1.04. The first kappa shape index (κ1) is 14.2. The van der Waals surface area contributed by atoms with E-state index >= 15 is 0 Å². The summed E-state index contributed by atoms with van der Waals surface area (Å²) in [7, 11) is 1.59. The van der Waals surface area contributed by atoms with Gasteiger partial charge in [0.2, 0.25) is 0 Å². The van der Waals surface area contributed by atoms with E-state index in [1.165, 1.54) is 6.92 Å². The zero-order chi connectivity index (χ0) is 14.7. The van der Waals surface area contributed by atoms with Crippen molar-refractivity contribution in [1.29, 1.82) is 0 Å². The molecular weight excluding hydrogens is 278 g/mol. The zero-order valence-electron chi connectivity index (χ0n) is 11.0. The molecule has 0 fully saturated rings. The second-order valence-corrected chi connectivity index (χ2v) is 5.26. The average molecular weight is 291 g/mol.